The normalized spacial score (nSPS) is 15.4. The van der Waals surface area contributed by atoms with Gasteiger partial charge in [0, 0.05) is 39.0 Å². The molecule has 0 bridgehead atoms. The van der Waals surface area contributed by atoms with Crippen LogP contribution in [0.3, 0.4) is 0 Å². The molecule has 0 spiro atoms. The molecule has 1 aromatic heterocycles. The number of hydrogen-bond donors (Lipinski definition) is 2. The average Bonchev–Trinajstić information content (AvgIpc) is 2.97. The van der Waals surface area contributed by atoms with Gasteiger partial charge < -0.3 is 24.8 Å². The second-order valence-corrected chi connectivity index (χ2v) is 6.65. The Morgan fingerprint density at radius 1 is 1.14 bits per heavy atom. The van der Waals surface area contributed by atoms with Crippen LogP contribution in [0.1, 0.15) is 44.1 Å². The fourth-order valence-corrected chi connectivity index (χ4v) is 3.11. The van der Waals surface area contributed by atoms with Crippen LogP contribution in [-0.2, 0) is 16.0 Å². The minimum Gasteiger partial charge on any atom is -0.475 e. The molecule has 1 heterocycles. The average molecular weight is 506 g/mol. The van der Waals surface area contributed by atoms with Crippen LogP contribution in [0.5, 0.6) is 5.88 Å². The topological polar surface area (TPSA) is 77.0 Å². The van der Waals surface area contributed by atoms with Crippen LogP contribution >= 0.6 is 24.0 Å². The molecule has 1 fully saturated rings. The van der Waals surface area contributed by atoms with E-state index in [-0.39, 0.29) is 24.0 Å². The molecule has 0 atom stereocenters. The Hall–Kier alpha value is -1.13. The number of hydrogen-bond acceptors (Lipinski definition) is 5. The Balaban J connectivity index is 0.00000392. The minimum atomic E-state index is 0. The number of methoxy groups -OCH3 is 1. The molecule has 7 nitrogen and oxygen atoms in total. The Morgan fingerprint density at radius 2 is 1.93 bits per heavy atom. The third kappa shape index (κ3) is 9.88. The van der Waals surface area contributed by atoms with E-state index in [0.717, 1.165) is 18.1 Å². The maximum absolute atomic E-state index is 6.01. The van der Waals surface area contributed by atoms with Crippen molar-refractivity contribution in [2.24, 2.45) is 4.99 Å². The molecule has 160 valence electrons. The van der Waals surface area contributed by atoms with Crippen molar-refractivity contribution in [3.05, 3.63) is 23.9 Å². The lowest BCUT2D eigenvalue weighted by Crippen LogP contribution is -2.39. The number of nitrogens with one attached hydrogen (secondary N) is 2. The van der Waals surface area contributed by atoms with Gasteiger partial charge in [-0.05, 0) is 18.9 Å². The first-order chi connectivity index (χ1) is 13.3. The molecule has 0 radical (unpaired) electrons. The zero-order valence-electron chi connectivity index (χ0n) is 17.1. The smallest absolute Gasteiger partial charge is 0.218 e. The zero-order valence-corrected chi connectivity index (χ0v) is 19.4. The second-order valence-electron chi connectivity index (χ2n) is 6.65. The van der Waals surface area contributed by atoms with E-state index in [1.165, 1.54) is 38.5 Å². The van der Waals surface area contributed by atoms with E-state index >= 15 is 0 Å². The van der Waals surface area contributed by atoms with Crippen molar-refractivity contribution in [3.8, 4) is 5.88 Å². The molecule has 1 aliphatic rings. The third-order valence-corrected chi connectivity index (χ3v) is 4.60. The van der Waals surface area contributed by atoms with Gasteiger partial charge in [0.05, 0.1) is 19.3 Å². The van der Waals surface area contributed by atoms with E-state index < -0.39 is 0 Å². The predicted octanol–water partition coefficient (Wildman–Crippen LogP) is 3.13. The van der Waals surface area contributed by atoms with E-state index in [0.29, 0.717) is 38.3 Å². The molecule has 28 heavy (non-hydrogen) atoms. The Bertz CT molecular complexity index is 552. The first-order valence-corrected chi connectivity index (χ1v) is 9.95. The molecule has 0 saturated heterocycles. The third-order valence-electron chi connectivity index (χ3n) is 4.60. The number of pyridine rings is 1. The number of nitrogens with zero attached hydrogens (tertiary/aromatic N) is 2. The van der Waals surface area contributed by atoms with Gasteiger partial charge in [0.2, 0.25) is 5.88 Å². The van der Waals surface area contributed by atoms with Crippen LogP contribution in [0.25, 0.3) is 0 Å². The van der Waals surface area contributed by atoms with Gasteiger partial charge in [-0.15, -0.1) is 24.0 Å². The summed E-state index contributed by atoms with van der Waals surface area (Å²) < 4.78 is 16.7. The van der Waals surface area contributed by atoms with Crippen LogP contribution in [0.2, 0.25) is 0 Å². The standard InChI is InChI=1S/C20H34N4O3.HI/c1-21-20(23-12-13-26-18-9-5-3-4-6-10-18)24-16-17-8-7-11-22-19(17)27-15-14-25-2;/h7-8,11,18H,3-6,9-10,12-16H2,1-2H3,(H2,21,23,24);1H. The summed E-state index contributed by atoms with van der Waals surface area (Å²) in [5.74, 6) is 1.36. The highest BCUT2D eigenvalue weighted by atomic mass is 127. The number of rotatable bonds is 10. The summed E-state index contributed by atoms with van der Waals surface area (Å²) in [6, 6.07) is 3.89. The largest absolute Gasteiger partial charge is 0.475 e. The summed E-state index contributed by atoms with van der Waals surface area (Å²) in [4.78, 5) is 8.56. The lowest BCUT2D eigenvalue weighted by molar-refractivity contribution is 0.0468. The summed E-state index contributed by atoms with van der Waals surface area (Å²) in [6.07, 6.45) is 9.82. The first kappa shape index (κ1) is 24.9. The molecule has 0 amide bonds. The summed E-state index contributed by atoms with van der Waals surface area (Å²) in [6.45, 7) is 3.03. The fraction of sp³-hybridized carbons (Fsp3) is 0.700. The fourth-order valence-electron chi connectivity index (χ4n) is 3.11. The number of halogens is 1. The zero-order chi connectivity index (χ0) is 19.2. The van der Waals surface area contributed by atoms with Crippen molar-refractivity contribution in [1.29, 1.82) is 0 Å². The van der Waals surface area contributed by atoms with Gasteiger partial charge in [0.1, 0.15) is 6.61 Å². The van der Waals surface area contributed by atoms with E-state index in [9.17, 15) is 0 Å². The lowest BCUT2D eigenvalue weighted by Gasteiger charge is -2.17. The molecule has 8 heteroatoms. The molecular weight excluding hydrogens is 471 g/mol. The number of aliphatic imine (C=N–C) groups is 1. The van der Waals surface area contributed by atoms with Crippen LogP contribution in [-0.4, -0.2) is 57.6 Å². The maximum Gasteiger partial charge on any atom is 0.218 e. The van der Waals surface area contributed by atoms with Gasteiger partial charge in [-0.25, -0.2) is 4.98 Å². The quantitative estimate of drug-likeness (QED) is 0.167. The van der Waals surface area contributed by atoms with E-state index in [2.05, 4.69) is 20.6 Å². The van der Waals surface area contributed by atoms with Crippen molar-refractivity contribution in [1.82, 2.24) is 15.6 Å². The summed E-state index contributed by atoms with van der Waals surface area (Å²) >= 11 is 0. The highest BCUT2D eigenvalue weighted by Gasteiger charge is 2.12. The summed E-state index contributed by atoms with van der Waals surface area (Å²) in [5.41, 5.74) is 0.978. The molecule has 2 N–H and O–H groups in total. The molecule has 0 unspecified atom stereocenters. The predicted molar refractivity (Wildman–Crippen MR) is 123 cm³/mol. The van der Waals surface area contributed by atoms with Crippen molar-refractivity contribution in [2.45, 2.75) is 51.2 Å². The highest BCUT2D eigenvalue weighted by molar-refractivity contribution is 14.0. The monoisotopic (exact) mass is 506 g/mol. The Morgan fingerprint density at radius 3 is 2.64 bits per heavy atom. The number of guanidine groups is 1. The summed E-state index contributed by atoms with van der Waals surface area (Å²) in [7, 11) is 3.42. The van der Waals surface area contributed by atoms with E-state index in [1.807, 2.05) is 12.1 Å². The van der Waals surface area contributed by atoms with Gasteiger partial charge in [-0.1, -0.05) is 31.7 Å². The number of aromatic nitrogens is 1. The molecule has 2 rings (SSSR count). The molecule has 0 aliphatic heterocycles. The Kier molecular flexibility index (Phi) is 14.0. The summed E-state index contributed by atoms with van der Waals surface area (Å²) in [5, 5.41) is 6.60. The van der Waals surface area contributed by atoms with Crippen molar-refractivity contribution >= 4 is 29.9 Å². The van der Waals surface area contributed by atoms with Gasteiger partial charge in [0.25, 0.3) is 0 Å². The van der Waals surface area contributed by atoms with Crippen LogP contribution in [0, 0.1) is 0 Å². The lowest BCUT2D eigenvalue weighted by atomic mass is 10.1. The maximum atomic E-state index is 6.01. The van der Waals surface area contributed by atoms with Gasteiger partial charge in [-0.3, -0.25) is 4.99 Å². The Labute approximate surface area is 186 Å². The first-order valence-electron chi connectivity index (χ1n) is 9.95. The van der Waals surface area contributed by atoms with E-state index in [4.69, 9.17) is 14.2 Å². The van der Waals surface area contributed by atoms with Crippen LogP contribution in [0.15, 0.2) is 23.3 Å². The highest BCUT2D eigenvalue weighted by Crippen LogP contribution is 2.19. The molecule has 1 aliphatic carbocycles. The van der Waals surface area contributed by atoms with E-state index in [1.54, 1.807) is 20.4 Å². The van der Waals surface area contributed by atoms with Crippen molar-refractivity contribution in [3.63, 3.8) is 0 Å². The van der Waals surface area contributed by atoms with Gasteiger partial charge in [-0.2, -0.15) is 0 Å². The molecule has 1 saturated carbocycles. The second kappa shape index (κ2) is 15.8. The number of ether oxygens (including phenoxy) is 3. The SMILES string of the molecule is CN=C(NCCOC1CCCCCC1)NCc1cccnc1OCCOC.I. The minimum absolute atomic E-state index is 0. The van der Waals surface area contributed by atoms with Crippen LogP contribution < -0.4 is 15.4 Å². The molecule has 0 aromatic carbocycles. The van der Waals surface area contributed by atoms with Crippen molar-refractivity contribution < 1.29 is 14.2 Å². The van der Waals surface area contributed by atoms with Gasteiger partial charge >= 0.3 is 0 Å². The molecular formula is C20H35IN4O3. The van der Waals surface area contributed by atoms with Gasteiger partial charge in [0.15, 0.2) is 5.96 Å². The molecule has 1 aromatic rings. The van der Waals surface area contributed by atoms with Crippen LogP contribution in [0.4, 0.5) is 0 Å². The van der Waals surface area contributed by atoms with Crippen molar-refractivity contribution in [2.75, 3.05) is 40.5 Å².